The van der Waals surface area contributed by atoms with Crippen LogP contribution in [-0.2, 0) is 20.6 Å². The number of phosphoric acid groups is 1. The zero-order valence-electron chi connectivity index (χ0n) is 22.9. The van der Waals surface area contributed by atoms with Crippen LogP contribution in [-0.4, -0.2) is 53.1 Å². The Hall–Kier alpha value is -1.33. The van der Waals surface area contributed by atoms with Crippen molar-refractivity contribution >= 4 is 30.8 Å². The average molecular weight is 619 g/mol. The number of carbonyl (C=O) groups excluding carboxylic acids is 1. The number of carbonyl (C=O) groups is 1. The average Bonchev–Trinajstić information content (AvgIpc) is 3.68. The van der Waals surface area contributed by atoms with Crippen molar-refractivity contribution in [3.63, 3.8) is 0 Å². The van der Waals surface area contributed by atoms with Gasteiger partial charge in [0.25, 0.3) is 5.91 Å². The molecule has 0 spiro atoms. The van der Waals surface area contributed by atoms with Gasteiger partial charge < -0.3 is 28.9 Å². The zero-order chi connectivity index (χ0) is 27.4. The maximum Gasteiger partial charge on any atom is 1.00 e. The molecule has 1 amide bonds. The first kappa shape index (κ1) is 34.2. The van der Waals surface area contributed by atoms with Crippen molar-refractivity contribution in [3.8, 4) is 22.1 Å². The number of ether oxygens (including phenoxy) is 1. The summed E-state index contributed by atoms with van der Waals surface area (Å²) in [6, 6.07) is 1.87. The maximum atomic E-state index is 13.2. The Morgan fingerprint density at radius 3 is 2.59 bits per heavy atom. The van der Waals surface area contributed by atoms with Crippen molar-refractivity contribution in [2.24, 2.45) is 0 Å². The van der Waals surface area contributed by atoms with Crippen LogP contribution in [0.15, 0.2) is 42.4 Å². The van der Waals surface area contributed by atoms with Gasteiger partial charge in [0.15, 0.2) is 11.5 Å². The van der Waals surface area contributed by atoms with Gasteiger partial charge in [0.05, 0.1) is 31.9 Å². The van der Waals surface area contributed by atoms with Gasteiger partial charge in [0.2, 0.25) is 0 Å². The van der Waals surface area contributed by atoms with E-state index in [0.29, 0.717) is 34.4 Å². The maximum absolute atomic E-state index is 13.2. The molecular formula is C23H25N8Na2O6PS. The molecule has 0 atom stereocenters. The van der Waals surface area contributed by atoms with E-state index in [1.54, 1.807) is 30.0 Å². The molecule has 0 saturated heterocycles. The fourth-order valence-electron chi connectivity index (χ4n) is 4.34. The summed E-state index contributed by atoms with van der Waals surface area (Å²) in [7, 11) is -5.12. The van der Waals surface area contributed by atoms with Gasteiger partial charge in [-0.15, -0.1) is 11.3 Å². The van der Waals surface area contributed by atoms with E-state index in [1.165, 1.54) is 23.7 Å². The molecular weight excluding hydrogens is 593 g/mol. The fourth-order valence-corrected chi connectivity index (χ4v) is 5.38. The van der Waals surface area contributed by atoms with Crippen LogP contribution in [0, 0.1) is 0 Å². The number of anilines is 1. The second kappa shape index (κ2) is 15.4. The van der Waals surface area contributed by atoms with Crippen LogP contribution in [0.5, 0.6) is 0 Å². The first-order valence-corrected chi connectivity index (χ1v) is 14.6. The van der Waals surface area contributed by atoms with Gasteiger partial charge >= 0.3 is 59.1 Å². The Balaban J connectivity index is 0.00000231. The Morgan fingerprint density at radius 2 is 1.90 bits per heavy atom. The Kier molecular flexibility index (Phi) is 12.8. The number of hydrogen-bond acceptors (Lipinski definition) is 12. The summed E-state index contributed by atoms with van der Waals surface area (Å²) >= 11 is 1.21. The topological polar surface area (TPSA) is 185 Å². The second-order valence-electron chi connectivity index (χ2n) is 8.80. The minimum Gasteiger partial charge on any atom is -0.790 e. The number of aromatic nitrogens is 7. The summed E-state index contributed by atoms with van der Waals surface area (Å²) in [6.07, 6.45) is 11.9. The van der Waals surface area contributed by atoms with Crippen LogP contribution in [0.2, 0.25) is 0 Å². The van der Waals surface area contributed by atoms with Gasteiger partial charge in [-0.25, -0.2) is 19.6 Å². The van der Waals surface area contributed by atoms with E-state index in [4.69, 9.17) is 9.84 Å². The SMILES string of the molecule is CCO[C@H]1CC[C@H](n2cc(NC(=O)c3csc(-c4cnn(COP(=O)([O-])[O-])c4)n3)c(-c3ncccn3)n2)CC1.[Na+].[Na+]. The van der Waals surface area contributed by atoms with Gasteiger partial charge in [-0.2, -0.15) is 10.2 Å². The standard InChI is InChI=1S/C23H27N8O6PS.2Na/c1-2-36-17-6-4-16(5-7-17)31-12-18(20(29-31)21-24-8-3-9-25-21)27-22(32)19-13-39-23(28-19)15-10-26-30(11-15)14-37-38(33,34)35;;/h3,8-13,16-17H,2,4-7,14H2,1H3,(H,27,32)(H2,33,34,35);;/q;2*+1/p-2/t16-,17-;;. The summed E-state index contributed by atoms with van der Waals surface area (Å²) in [5, 5.41) is 13.7. The number of phosphoric ester groups is 1. The minimum absolute atomic E-state index is 0. The molecule has 5 rings (SSSR count). The number of rotatable bonds is 10. The monoisotopic (exact) mass is 618 g/mol. The van der Waals surface area contributed by atoms with Crippen molar-refractivity contribution in [1.82, 2.24) is 34.5 Å². The predicted octanol–water partition coefficient (Wildman–Crippen LogP) is -3.76. The fraction of sp³-hybridized carbons (Fsp3) is 0.391. The first-order valence-electron chi connectivity index (χ1n) is 12.2. The molecule has 0 bridgehead atoms. The summed E-state index contributed by atoms with van der Waals surface area (Å²) in [4.78, 5) is 47.5. The number of amides is 1. The summed E-state index contributed by atoms with van der Waals surface area (Å²) in [5.74, 6) is -0.0486. The van der Waals surface area contributed by atoms with E-state index in [2.05, 4.69) is 29.9 Å². The number of hydrogen-bond donors (Lipinski definition) is 1. The predicted molar refractivity (Wildman–Crippen MR) is 136 cm³/mol. The van der Waals surface area contributed by atoms with E-state index >= 15 is 0 Å². The molecule has 4 aromatic rings. The van der Waals surface area contributed by atoms with E-state index in [-0.39, 0.29) is 77.0 Å². The van der Waals surface area contributed by atoms with Crippen molar-refractivity contribution in [2.45, 2.75) is 51.5 Å². The van der Waals surface area contributed by atoms with Crippen molar-refractivity contribution < 1.29 is 87.5 Å². The van der Waals surface area contributed by atoms with Crippen molar-refractivity contribution in [2.75, 3.05) is 11.9 Å². The Morgan fingerprint density at radius 1 is 1.17 bits per heavy atom. The molecule has 0 aliphatic heterocycles. The molecule has 4 heterocycles. The van der Waals surface area contributed by atoms with Crippen molar-refractivity contribution in [1.29, 1.82) is 0 Å². The third-order valence-corrected chi connectivity index (χ3v) is 7.47. The molecule has 0 aromatic carbocycles. The molecule has 1 aliphatic carbocycles. The normalized spacial score (nSPS) is 17.0. The molecule has 1 fully saturated rings. The van der Waals surface area contributed by atoms with E-state index in [9.17, 15) is 19.1 Å². The van der Waals surface area contributed by atoms with Gasteiger partial charge in [-0.1, -0.05) is 0 Å². The van der Waals surface area contributed by atoms with Crippen molar-refractivity contribution in [3.05, 3.63) is 48.1 Å². The number of thiazole rings is 1. The van der Waals surface area contributed by atoms with Crippen LogP contribution in [0.3, 0.4) is 0 Å². The summed E-state index contributed by atoms with van der Waals surface area (Å²) in [5.41, 5.74) is 1.63. The van der Waals surface area contributed by atoms with Gasteiger partial charge in [0, 0.05) is 42.3 Å². The first-order chi connectivity index (χ1) is 18.8. The Bertz CT molecular complexity index is 1470. The number of nitrogens with zero attached hydrogens (tertiary/aromatic N) is 7. The smallest absolute Gasteiger partial charge is 0.790 e. The van der Waals surface area contributed by atoms with Gasteiger partial charge in [-0.05, 0) is 38.7 Å². The quantitative estimate of drug-likeness (QED) is 0.136. The van der Waals surface area contributed by atoms with Crippen LogP contribution < -0.4 is 74.2 Å². The van der Waals surface area contributed by atoms with E-state index < -0.39 is 20.5 Å². The van der Waals surface area contributed by atoms with Crippen LogP contribution in [0.4, 0.5) is 5.69 Å². The second-order valence-corrected chi connectivity index (χ2v) is 10.8. The molecule has 1 saturated carbocycles. The molecule has 4 aromatic heterocycles. The summed E-state index contributed by atoms with van der Waals surface area (Å²) < 4.78 is 23.7. The minimum atomic E-state index is -5.12. The largest absolute Gasteiger partial charge is 1.00 e. The van der Waals surface area contributed by atoms with Gasteiger partial charge in [0.1, 0.15) is 17.4 Å². The van der Waals surface area contributed by atoms with Crippen LogP contribution in [0.25, 0.3) is 22.1 Å². The number of nitrogens with one attached hydrogen (secondary N) is 1. The van der Waals surface area contributed by atoms with Gasteiger partial charge in [-0.3, -0.25) is 9.48 Å². The third-order valence-electron chi connectivity index (χ3n) is 6.14. The molecule has 0 unspecified atom stereocenters. The van der Waals surface area contributed by atoms with Crippen LogP contribution >= 0.6 is 19.2 Å². The zero-order valence-corrected chi connectivity index (χ0v) is 28.6. The molecule has 18 heteroatoms. The Labute approximate surface area is 284 Å². The van der Waals surface area contributed by atoms with E-state index in [1.807, 2.05) is 11.6 Å². The van der Waals surface area contributed by atoms with E-state index in [0.717, 1.165) is 30.4 Å². The molecule has 14 nitrogen and oxygen atoms in total. The molecule has 1 aliphatic rings. The molecule has 1 N–H and O–H groups in total. The van der Waals surface area contributed by atoms with Crippen LogP contribution in [0.1, 0.15) is 49.1 Å². The molecule has 41 heavy (non-hydrogen) atoms. The third kappa shape index (κ3) is 9.08. The molecule has 0 radical (unpaired) electrons. The summed E-state index contributed by atoms with van der Waals surface area (Å²) in [6.45, 7) is 2.15. The molecule has 206 valence electrons.